The predicted molar refractivity (Wildman–Crippen MR) is 67.6 cm³/mol. The highest BCUT2D eigenvalue weighted by molar-refractivity contribution is 9.10. The number of hydrogen-bond acceptors (Lipinski definition) is 1. The zero-order chi connectivity index (χ0) is 10.8. The SMILES string of the molecule is Cc1cc(=S)n(Cc2cccc(Br)c2)[nH]1. The summed E-state index contributed by atoms with van der Waals surface area (Å²) in [6.45, 7) is 2.79. The molecular weight excluding hydrogens is 272 g/mol. The average molecular weight is 283 g/mol. The highest BCUT2D eigenvalue weighted by Gasteiger charge is 1.98. The monoisotopic (exact) mass is 282 g/mol. The lowest BCUT2D eigenvalue weighted by molar-refractivity contribution is 0.671. The van der Waals surface area contributed by atoms with E-state index in [4.69, 9.17) is 12.2 Å². The lowest BCUT2D eigenvalue weighted by Crippen LogP contribution is -2.01. The van der Waals surface area contributed by atoms with Crippen molar-refractivity contribution < 1.29 is 0 Å². The van der Waals surface area contributed by atoms with Gasteiger partial charge in [0.05, 0.1) is 6.54 Å². The van der Waals surface area contributed by atoms with Crippen LogP contribution in [0.15, 0.2) is 34.8 Å². The number of H-pyrrole nitrogens is 1. The van der Waals surface area contributed by atoms with Crippen molar-refractivity contribution in [1.82, 2.24) is 9.78 Å². The second-order valence-corrected chi connectivity index (χ2v) is 4.83. The third kappa shape index (κ3) is 2.58. The van der Waals surface area contributed by atoms with Gasteiger partial charge in [0.1, 0.15) is 4.64 Å². The van der Waals surface area contributed by atoms with Gasteiger partial charge in [-0.1, -0.05) is 40.3 Å². The van der Waals surface area contributed by atoms with Crippen molar-refractivity contribution in [2.45, 2.75) is 13.5 Å². The Morgan fingerprint density at radius 2 is 2.20 bits per heavy atom. The van der Waals surface area contributed by atoms with Gasteiger partial charge in [-0.25, -0.2) is 0 Å². The molecule has 0 radical (unpaired) electrons. The summed E-state index contributed by atoms with van der Waals surface area (Å²) in [5.74, 6) is 0. The largest absolute Gasteiger partial charge is 0.302 e. The highest BCUT2D eigenvalue weighted by atomic mass is 79.9. The number of aromatic nitrogens is 2. The molecule has 0 bridgehead atoms. The molecule has 0 aliphatic rings. The highest BCUT2D eigenvalue weighted by Crippen LogP contribution is 2.12. The first-order valence-electron chi connectivity index (χ1n) is 4.66. The summed E-state index contributed by atoms with van der Waals surface area (Å²) in [5.41, 5.74) is 2.32. The van der Waals surface area contributed by atoms with Crippen LogP contribution in [0.3, 0.4) is 0 Å². The topological polar surface area (TPSA) is 20.7 Å². The Morgan fingerprint density at radius 3 is 2.80 bits per heavy atom. The molecule has 1 heterocycles. The Labute approximate surface area is 102 Å². The summed E-state index contributed by atoms with van der Waals surface area (Å²) in [5, 5.41) is 3.21. The van der Waals surface area contributed by atoms with Gasteiger partial charge < -0.3 is 5.10 Å². The Hall–Kier alpha value is -0.870. The quantitative estimate of drug-likeness (QED) is 0.834. The van der Waals surface area contributed by atoms with Gasteiger partial charge in [-0.2, -0.15) is 0 Å². The van der Waals surface area contributed by atoms with E-state index in [2.05, 4.69) is 33.2 Å². The van der Waals surface area contributed by atoms with E-state index in [-0.39, 0.29) is 0 Å². The number of halogens is 1. The molecule has 2 aromatic rings. The van der Waals surface area contributed by atoms with Gasteiger partial charge in [0.15, 0.2) is 0 Å². The van der Waals surface area contributed by atoms with Crippen LogP contribution in [0.5, 0.6) is 0 Å². The fourth-order valence-electron chi connectivity index (χ4n) is 1.50. The number of hydrogen-bond donors (Lipinski definition) is 1. The molecule has 0 fully saturated rings. The minimum absolute atomic E-state index is 0.784. The van der Waals surface area contributed by atoms with E-state index in [1.54, 1.807) is 0 Å². The first-order valence-corrected chi connectivity index (χ1v) is 5.86. The fourth-order valence-corrected chi connectivity index (χ4v) is 2.23. The normalized spacial score (nSPS) is 10.5. The van der Waals surface area contributed by atoms with E-state index in [1.807, 2.05) is 29.8 Å². The van der Waals surface area contributed by atoms with E-state index in [1.165, 1.54) is 5.56 Å². The van der Waals surface area contributed by atoms with Crippen molar-refractivity contribution in [3.8, 4) is 0 Å². The molecule has 1 aromatic carbocycles. The Kier molecular flexibility index (Phi) is 3.07. The molecule has 1 N–H and O–H groups in total. The van der Waals surface area contributed by atoms with Gasteiger partial charge in [-0.15, -0.1) is 0 Å². The van der Waals surface area contributed by atoms with Crippen LogP contribution in [0.2, 0.25) is 0 Å². The molecule has 0 spiro atoms. The average Bonchev–Trinajstić information content (AvgIpc) is 2.45. The molecule has 0 saturated heterocycles. The maximum Gasteiger partial charge on any atom is 0.122 e. The Morgan fingerprint density at radius 1 is 1.40 bits per heavy atom. The molecule has 15 heavy (non-hydrogen) atoms. The molecule has 4 heteroatoms. The van der Waals surface area contributed by atoms with Gasteiger partial charge in [0.2, 0.25) is 0 Å². The third-order valence-corrected chi connectivity index (χ3v) is 2.98. The lowest BCUT2D eigenvalue weighted by atomic mass is 10.2. The number of aryl methyl sites for hydroxylation is 1. The standard InChI is InChI=1S/C11H11BrN2S/c1-8-5-11(15)14(13-8)7-9-3-2-4-10(12)6-9/h2-6,13H,7H2,1H3. The van der Waals surface area contributed by atoms with Crippen LogP contribution in [0.25, 0.3) is 0 Å². The van der Waals surface area contributed by atoms with Crippen LogP contribution in [-0.4, -0.2) is 9.78 Å². The number of rotatable bonds is 2. The van der Waals surface area contributed by atoms with Crippen LogP contribution in [0.4, 0.5) is 0 Å². The Balaban J connectivity index is 2.29. The lowest BCUT2D eigenvalue weighted by Gasteiger charge is -2.03. The minimum Gasteiger partial charge on any atom is -0.302 e. The molecular formula is C11H11BrN2S. The second kappa shape index (κ2) is 4.33. The molecule has 0 atom stereocenters. The number of nitrogens with zero attached hydrogens (tertiary/aromatic N) is 1. The first-order chi connectivity index (χ1) is 7.15. The van der Waals surface area contributed by atoms with E-state index in [9.17, 15) is 0 Å². The van der Waals surface area contributed by atoms with Crippen molar-refractivity contribution in [1.29, 1.82) is 0 Å². The van der Waals surface area contributed by atoms with Crippen molar-refractivity contribution in [3.05, 3.63) is 50.7 Å². The Bertz CT molecular complexity index is 527. The molecule has 1 aromatic heterocycles. The summed E-state index contributed by atoms with van der Waals surface area (Å²) >= 11 is 8.68. The summed E-state index contributed by atoms with van der Waals surface area (Å²) < 4.78 is 3.90. The second-order valence-electron chi connectivity index (χ2n) is 3.49. The molecule has 0 unspecified atom stereocenters. The van der Waals surface area contributed by atoms with Gasteiger partial charge in [0.25, 0.3) is 0 Å². The molecule has 0 amide bonds. The zero-order valence-electron chi connectivity index (χ0n) is 8.33. The number of benzene rings is 1. The van der Waals surface area contributed by atoms with Gasteiger partial charge in [-0.05, 0) is 30.7 Å². The zero-order valence-corrected chi connectivity index (χ0v) is 10.7. The molecule has 78 valence electrons. The molecule has 0 aliphatic heterocycles. The third-order valence-electron chi connectivity index (χ3n) is 2.15. The summed E-state index contributed by atoms with van der Waals surface area (Å²) in [4.78, 5) is 0. The molecule has 0 saturated carbocycles. The number of nitrogens with one attached hydrogen (secondary N) is 1. The van der Waals surface area contributed by atoms with Crippen LogP contribution in [-0.2, 0) is 6.54 Å². The van der Waals surface area contributed by atoms with Crippen molar-refractivity contribution in [2.24, 2.45) is 0 Å². The van der Waals surface area contributed by atoms with Gasteiger partial charge in [-0.3, -0.25) is 4.68 Å². The van der Waals surface area contributed by atoms with Crippen LogP contribution in [0.1, 0.15) is 11.3 Å². The van der Waals surface area contributed by atoms with E-state index in [0.717, 1.165) is 21.4 Å². The van der Waals surface area contributed by atoms with E-state index >= 15 is 0 Å². The maximum absolute atomic E-state index is 5.22. The van der Waals surface area contributed by atoms with Crippen LogP contribution in [0, 0.1) is 11.6 Å². The predicted octanol–water partition coefficient (Wildman–Crippen LogP) is 3.66. The first kappa shape index (κ1) is 10.6. The van der Waals surface area contributed by atoms with E-state index < -0.39 is 0 Å². The van der Waals surface area contributed by atoms with Crippen LogP contribution < -0.4 is 0 Å². The smallest absolute Gasteiger partial charge is 0.122 e. The van der Waals surface area contributed by atoms with E-state index in [0.29, 0.717) is 0 Å². The van der Waals surface area contributed by atoms with Crippen molar-refractivity contribution in [2.75, 3.05) is 0 Å². The maximum atomic E-state index is 5.22. The number of aromatic amines is 1. The summed E-state index contributed by atoms with van der Waals surface area (Å²) in [6.07, 6.45) is 0. The summed E-state index contributed by atoms with van der Waals surface area (Å²) in [6, 6.07) is 10.2. The summed E-state index contributed by atoms with van der Waals surface area (Å²) in [7, 11) is 0. The minimum atomic E-state index is 0.784. The molecule has 0 aliphatic carbocycles. The molecule has 2 nitrogen and oxygen atoms in total. The van der Waals surface area contributed by atoms with Crippen molar-refractivity contribution in [3.63, 3.8) is 0 Å². The van der Waals surface area contributed by atoms with Gasteiger partial charge in [0, 0.05) is 10.2 Å². The fraction of sp³-hybridized carbons (Fsp3) is 0.182. The van der Waals surface area contributed by atoms with Crippen LogP contribution >= 0.6 is 28.1 Å². The van der Waals surface area contributed by atoms with Crippen molar-refractivity contribution >= 4 is 28.1 Å². The molecule has 2 rings (SSSR count). The van der Waals surface area contributed by atoms with Gasteiger partial charge >= 0.3 is 0 Å².